The number of rotatable bonds is 2. The molecule has 2 rings (SSSR count). The quantitative estimate of drug-likeness (QED) is 0.840. The van der Waals surface area contributed by atoms with Gasteiger partial charge in [-0.2, -0.15) is 4.98 Å². The Morgan fingerprint density at radius 3 is 2.71 bits per heavy atom. The molecule has 1 aromatic heterocycles. The number of anilines is 2. The molecule has 0 bridgehead atoms. The van der Waals surface area contributed by atoms with Crippen molar-refractivity contribution in [2.75, 3.05) is 5.32 Å². The van der Waals surface area contributed by atoms with Gasteiger partial charge in [0.2, 0.25) is 5.28 Å². The lowest BCUT2D eigenvalue weighted by molar-refractivity contribution is 0.607. The third kappa shape index (κ3) is 2.84. The van der Waals surface area contributed by atoms with Crippen LogP contribution in [0.25, 0.3) is 0 Å². The molecule has 3 nitrogen and oxygen atoms in total. The normalized spacial score (nSPS) is 10.4. The van der Waals surface area contributed by atoms with Gasteiger partial charge in [-0.3, -0.25) is 0 Å². The molecule has 6 heteroatoms. The maximum Gasteiger partial charge on any atom is 0.224 e. The SMILES string of the molecule is Cc1nc(Cl)nc(Nc2cccc(Cl)c2)c1F. The van der Waals surface area contributed by atoms with Crippen molar-refractivity contribution >= 4 is 34.7 Å². The van der Waals surface area contributed by atoms with Gasteiger partial charge in [0, 0.05) is 10.7 Å². The van der Waals surface area contributed by atoms with Crippen LogP contribution in [0, 0.1) is 12.7 Å². The van der Waals surface area contributed by atoms with E-state index in [1.54, 1.807) is 24.3 Å². The van der Waals surface area contributed by atoms with Crippen molar-refractivity contribution in [1.29, 1.82) is 0 Å². The van der Waals surface area contributed by atoms with Crippen LogP contribution in [0.1, 0.15) is 5.69 Å². The third-order valence-corrected chi connectivity index (χ3v) is 2.48. The minimum Gasteiger partial charge on any atom is -0.338 e. The number of aromatic nitrogens is 2. The number of nitrogens with one attached hydrogen (secondary N) is 1. The van der Waals surface area contributed by atoms with Gasteiger partial charge in [-0.15, -0.1) is 0 Å². The largest absolute Gasteiger partial charge is 0.338 e. The Morgan fingerprint density at radius 1 is 1.24 bits per heavy atom. The van der Waals surface area contributed by atoms with E-state index in [0.717, 1.165) is 0 Å². The van der Waals surface area contributed by atoms with E-state index in [4.69, 9.17) is 23.2 Å². The first-order chi connectivity index (χ1) is 8.06. The van der Waals surface area contributed by atoms with E-state index in [1.165, 1.54) is 6.92 Å². The van der Waals surface area contributed by atoms with E-state index in [-0.39, 0.29) is 16.8 Å². The number of benzene rings is 1. The summed E-state index contributed by atoms with van der Waals surface area (Å²) in [6.45, 7) is 1.52. The predicted octanol–water partition coefficient (Wildman–Crippen LogP) is 3.97. The Labute approximate surface area is 108 Å². The number of hydrogen-bond acceptors (Lipinski definition) is 3. The average Bonchev–Trinajstić information content (AvgIpc) is 2.25. The van der Waals surface area contributed by atoms with E-state index in [0.29, 0.717) is 10.7 Å². The predicted molar refractivity (Wildman–Crippen MR) is 66.5 cm³/mol. The molecular weight excluding hydrogens is 264 g/mol. The molecule has 0 radical (unpaired) electrons. The second-order valence-corrected chi connectivity index (χ2v) is 4.15. The first-order valence-electron chi connectivity index (χ1n) is 4.78. The van der Waals surface area contributed by atoms with Crippen LogP contribution in [-0.2, 0) is 0 Å². The van der Waals surface area contributed by atoms with E-state index in [2.05, 4.69) is 15.3 Å². The van der Waals surface area contributed by atoms with Crippen molar-refractivity contribution in [3.63, 3.8) is 0 Å². The summed E-state index contributed by atoms with van der Waals surface area (Å²) in [5, 5.41) is 3.34. The number of hydrogen-bond donors (Lipinski definition) is 1. The molecule has 1 aromatic carbocycles. The lowest BCUT2D eigenvalue weighted by Gasteiger charge is -2.08. The molecule has 0 spiro atoms. The standard InChI is InChI=1S/C11H8Cl2FN3/c1-6-9(14)10(17-11(13)15-6)16-8-4-2-3-7(12)5-8/h2-5H,1H3,(H,15,16,17). The molecule has 0 amide bonds. The summed E-state index contributed by atoms with van der Waals surface area (Å²) in [6, 6.07) is 6.88. The summed E-state index contributed by atoms with van der Waals surface area (Å²) in [6.07, 6.45) is 0. The van der Waals surface area contributed by atoms with Gasteiger partial charge in [0.25, 0.3) is 0 Å². The molecule has 0 atom stereocenters. The van der Waals surface area contributed by atoms with Crippen LogP contribution >= 0.6 is 23.2 Å². The van der Waals surface area contributed by atoms with Crippen molar-refractivity contribution in [3.05, 3.63) is 46.1 Å². The molecule has 88 valence electrons. The maximum absolute atomic E-state index is 13.7. The molecule has 0 fully saturated rings. The highest BCUT2D eigenvalue weighted by atomic mass is 35.5. The monoisotopic (exact) mass is 271 g/mol. The highest BCUT2D eigenvalue weighted by Gasteiger charge is 2.10. The van der Waals surface area contributed by atoms with Crippen molar-refractivity contribution in [1.82, 2.24) is 9.97 Å². The molecule has 17 heavy (non-hydrogen) atoms. The van der Waals surface area contributed by atoms with Gasteiger partial charge in [0.1, 0.15) is 0 Å². The van der Waals surface area contributed by atoms with Crippen LogP contribution in [0.15, 0.2) is 24.3 Å². The summed E-state index contributed by atoms with van der Waals surface area (Å²) in [7, 11) is 0. The van der Waals surface area contributed by atoms with Crippen LogP contribution in [0.4, 0.5) is 15.9 Å². The zero-order valence-electron chi connectivity index (χ0n) is 8.84. The Kier molecular flexibility index (Phi) is 3.45. The van der Waals surface area contributed by atoms with Crippen LogP contribution in [-0.4, -0.2) is 9.97 Å². The Bertz CT molecular complexity index is 560. The molecule has 2 aromatic rings. The average molecular weight is 272 g/mol. The van der Waals surface area contributed by atoms with Gasteiger partial charge in [0.05, 0.1) is 5.69 Å². The fraction of sp³-hybridized carbons (Fsp3) is 0.0909. The molecule has 0 aliphatic carbocycles. The summed E-state index contributed by atoms with van der Waals surface area (Å²) < 4.78 is 13.7. The highest BCUT2D eigenvalue weighted by Crippen LogP contribution is 2.22. The molecule has 1 heterocycles. The van der Waals surface area contributed by atoms with Gasteiger partial charge in [-0.25, -0.2) is 9.37 Å². The zero-order valence-corrected chi connectivity index (χ0v) is 10.3. The fourth-order valence-corrected chi connectivity index (χ4v) is 1.71. The number of nitrogens with zero attached hydrogens (tertiary/aromatic N) is 2. The van der Waals surface area contributed by atoms with Crippen LogP contribution in [0.3, 0.4) is 0 Å². The zero-order chi connectivity index (χ0) is 12.4. The minimum atomic E-state index is -0.533. The lowest BCUT2D eigenvalue weighted by atomic mass is 10.3. The van der Waals surface area contributed by atoms with E-state index in [1.807, 2.05) is 0 Å². The summed E-state index contributed by atoms with van der Waals surface area (Å²) in [5.74, 6) is -0.501. The maximum atomic E-state index is 13.7. The van der Waals surface area contributed by atoms with Crippen molar-refractivity contribution < 1.29 is 4.39 Å². The smallest absolute Gasteiger partial charge is 0.224 e. The van der Waals surface area contributed by atoms with Crippen molar-refractivity contribution in [2.24, 2.45) is 0 Å². The van der Waals surface area contributed by atoms with Gasteiger partial charge < -0.3 is 5.32 Å². The van der Waals surface area contributed by atoms with Crippen molar-refractivity contribution in [3.8, 4) is 0 Å². The second kappa shape index (κ2) is 4.85. The van der Waals surface area contributed by atoms with Gasteiger partial charge in [-0.05, 0) is 36.7 Å². The van der Waals surface area contributed by atoms with E-state index >= 15 is 0 Å². The molecule has 0 unspecified atom stereocenters. The van der Waals surface area contributed by atoms with Crippen LogP contribution in [0.5, 0.6) is 0 Å². The first kappa shape index (κ1) is 12.1. The second-order valence-electron chi connectivity index (χ2n) is 3.38. The summed E-state index contributed by atoms with van der Waals surface area (Å²) in [5.41, 5.74) is 0.820. The summed E-state index contributed by atoms with van der Waals surface area (Å²) >= 11 is 11.5. The molecule has 0 saturated carbocycles. The fourth-order valence-electron chi connectivity index (χ4n) is 1.31. The number of aryl methyl sites for hydroxylation is 1. The molecule has 0 aliphatic rings. The Hall–Kier alpha value is -1.39. The lowest BCUT2D eigenvalue weighted by Crippen LogP contribution is -2.01. The van der Waals surface area contributed by atoms with Crippen LogP contribution in [0.2, 0.25) is 10.3 Å². The van der Waals surface area contributed by atoms with E-state index in [9.17, 15) is 4.39 Å². The molecule has 0 aliphatic heterocycles. The van der Waals surface area contributed by atoms with Gasteiger partial charge in [0.15, 0.2) is 11.6 Å². The Morgan fingerprint density at radius 2 is 2.00 bits per heavy atom. The molecule has 0 saturated heterocycles. The Balaban J connectivity index is 2.36. The highest BCUT2D eigenvalue weighted by molar-refractivity contribution is 6.30. The minimum absolute atomic E-state index is 0.00609. The topological polar surface area (TPSA) is 37.8 Å². The van der Waals surface area contributed by atoms with Crippen LogP contribution < -0.4 is 5.32 Å². The molecular formula is C11H8Cl2FN3. The van der Waals surface area contributed by atoms with Gasteiger partial charge >= 0.3 is 0 Å². The number of halogens is 3. The summed E-state index contributed by atoms with van der Waals surface area (Å²) in [4.78, 5) is 7.49. The first-order valence-corrected chi connectivity index (χ1v) is 5.54. The third-order valence-electron chi connectivity index (χ3n) is 2.08. The molecule has 1 N–H and O–H groups in total. The van der Waals surface area contributed by atoms with Crippen molar-refractivity contribution in [2.45, 2.75) is 6.92 Å². The van der Waals surface area contributed by atoms with E-state index < -0.39 is 5.82 Å². The van der Waals surface area contributed by atoms with Gasteiger partial charge in [-0.1, -0.05) is 17.7 Å².